The van der Waals surface area contributed by atoms with E-state index in [1.54, 1.807) is 37.8 Å². The molecule has 0 radical (unpaired) electrons. The van der Waals surface area contributed by atoms with Gasteiger partial charge in [-0.3, -0.25) is 14.4 Å². The number of anilines is 1. The molecule has 0 spiro atoms. The molecule has 1 fully saturated rings. The van der Waals surface area contributed by atoms with E-state index >= 15 is 0 Å². The highest BCUT2D eigenvalue weighted by molar-refractivity contribution is 6.34. The van der Waals surface area contributed by atoms with Crippen LogP contribution in [0.4, 0.5) is 10.5 Å². The lowest BCUT2D eigenvalue weighted by molar-refractivity contribution is -0.146. The molecular weight excluding hydrogens is 544 g/mol. The third-order valence-corrected chi connectivity index (χ3v) is 7.41. The number of carbonyl (C=O) groups is 4. The molecule has 0 heterocycles. The minimum atomic E-state index is -1.13. The van der Waals surface area contributed by atoms with Gasteiger partial charge in [0, 0.05) is 12.5 Å². The maximum Gasteiger partial charge on any atom is 0.408 e. The number of nitrogens with two attached hydrogens (primary N) is 1. The Morgan fingerprint density at radius 3 is 2.27 bits per heavy atom. The molecule has 1 saturated carbocycles. The van der Waals surface area contributed by atoms with E-state index in [9.17, 15) is 19.2 Å². The third-order valence-electron chi connectivity index (χ3n) is 7.09. The van der Waals surface area contributed by atoms with E-state index in [0.29, 0.717) is 29.1 Å². The summed E-state index contributed by atoms with van der Waals surface area (Å²) >= 11 is 6.44. The van der Waals surface area contributed by atoms with E-state index in [1.165, 1.54) is 0 Å². The number of ether oxygens (including phenoxy) is 1. The summed E-state index contributed by atoms with van der Waals surface area (Å²) in [7, 11) is 0. The summed E-state index contributed by atoms with van der Waals surface area (Å²) in [5.74, 6) is -1.53. The van der Waals surface area contributed by atoms with Crippen molar-refractivity contribution in [3.63, 3.8) is 0 Å². The Balaban J connectivity index is 2.06. The first kappa shape index (κ1) is 31.9. The van der Waals surface area contributed by atoms with Crippen LogP contribution in [0.5, 0.6) is 0 Å². The molecule has 1 aliphatic rings. The minimum Gasteiger partial charge on any atom is -0.444 e. The predicted molar refractivity (Wildman–Crippen MR) is 159 cm³/mol. The van der Waals surface area contributed by atoms with Crippen molar-refractivity contribution in [2.75, 3.05) is 5.32 Å². The fourth-order valence-corrected chi connectivity index (χ4v) is 4.98. The molecule has 41 heavy (non-hydrogen) atoms. The Morgan fingerprint density at radius 1 is 1.10 bits per heavy atom. The van der Waals surface area contributed by atoms with Crippen molar-refractivity contribution in [3.8, 4) is 0 Å². The van der Waals surface area contributed by atoms with Crippen molar-refractivity contribution in [1.82, 2.24) is 10.2 Å². The van der Waals surface area contributed by atoms with Crippen LogP contribution in [0.25, 0.3) is 0 Å². The Bertz CT molecular complexity index is 1230. The number of carbonyl (C=O) groups excluding carboxylic acids is 4. The molecule has 2 aromatic carbocycles. The summed E-state index contributed by atoms with van der Waals surface area (Å²) in [6.07, 6.45) is 2.14. The fourth-order valence-electron chi connectivity index (χ4n) is 4.71. The summed E-state index contributed by atoms with van der Waals surface area (Å²) in [6, 6.07) is 10.5. The molecule has 222 valence electrons. The van der Waals surface area contributed by atoms with Gasteiger partial charge in [0.05, 0.1) is 10.7 Å². The molecule has 2 unspecified atom stereocenters. The van der Waals surface area contributed by atoms with Gasteiger partial charge >= 0.3 is 6.09 Å². The van der Waals surface area contributed by atoms with E-state index < -0.39 is 41.5 Å². The van der Waals surface area contributed by atoms with Crippen LogP contribution in [-0.2, 0) is 25.5 Å². The van der Waals surface area contributed by atoms with Crippen molar-refractivity contribution < 1.29 is 23.9 Å². The van der Waals surface area contributed by atoms with Crippen LogP contribution in [0, 0.1) is 6.92 Å². The van der Waals surface area contributed by atoms with Gasteiger partial charge in [-0.1, -0.05) is 54.9 Å². The van der Waals surface area contributed by atoms with Crippen molar-refractivity contribution in [1.29, 1.82) is 0 Å². The first-order valence-electron chi connectivity index (χ1n) is 14.1. The fraction of sp³-hybridized carbons (Fsp3) is 0.484. The van der Waals surface area contributed by atoms with Crippen molar-refractivity contribution >= 4 is 41.1 Å². The topological polar surface area (TPSA) is 131 Å². The van der Waals surface area contributed by atoms with E-state index in [-0.39, 0.29) is 18.9 Å². The molecule has 2 aromatic rings. The van der Waals surface area contributed by atoms with Crippen LogP contribution in [-0.4, -0.2) is 46.4 Å². The van der Waals surface area contributed by atoms with Gasteiger partial charge in [0.1, 0.15) is 17.7 Å². The lowest BCUT2D eigenvalue weighted by Crippen LogP contribution is -2.57. The number of benzene rings is 2. The number of nitrogens with one attached hydrogen (secondary N) is 2. The lowest BCUT2D eigenvalue weighted by atomic mass is 9.87. The van der Waals surface area contributed by atoms with Crippen LogP contribution < -0.4 is 16.4 Å². The maximum atomic E-state index is 14.3. The van der Waals surface area contributed by atoms with Crippen LogP contribution in [0.3, 0.4) is 0 Å². The first-order valence-corrected chi connectivity index (χ1v) is 14.4. The van der Waals surface area contributed by atoms with Gasteiger partial charge in [0.15, 0.2) is 0 Å². The van der Waals surface area contributed by atoms with Crippen molar-refractivity contribution in [2.45, 2.75) is 96.9 Å². The van der Waals surface area contributed by atoms with E-state index in [0.717, 1.165) is 24.0 Å². The molecule has 3 rings (SSSR count). The Kier molecular flexibility index (Phi) is 10.8. The second-order valence-electron chi connectivity index (χ2n) is 11.5. The van der Waals surface area contributed by atoms with Crippen LogP contribution in [0.2, 0.25) is 5.02 Å². The second-order valence-corrected chi connectivity index (χ2v) is 11.9. The number of primary amides is 1. The normalized spacial score (nSPS) is 14.8. The molecule has 4 amide bonds. The second kappa shape index (κ2) is 13.9. The zero-order chi connectivity index (χ0) is 30.3. The molecule has 0 bridgehead atoms. The van der Waals surface area contributed by atoms with Crippen molar-refractivity contribution in [3.05, 3.63) is 64.2 Å². The standard InChI is InChI=1S/C31H41ClN4O5/c1-6-20-13-15-21(16-14-20)27(28(38)35-26-19(2)9-7-12-23(26)32)36(22-10-8-11-22)29(39)24(17-18-25(33)37)34-30(40)41-31(3,4)5/h7,9,12-16,22,24,27H,6,8,10-11,17-18H2,1-5H3,(H2,33,37)(H,34,40)(H,35,38). The summed E-state index contributed by atoms with van der Waals surface area (Å²) in [5.41, 5.74) is 7.55. The van der Waals surface area contributed by atoms with E-state index in [2.05, 4.69) is 10.6 Å². The average molecular weight is 585 g/mol. The van der Waals surface area contributed by atoms with Gasteiger partial charge in [-0.05, 0) is 82.6 Å². The van der Waals surface area contributed by atoms with Gasteiger partial charge < -0.3 is 26.0 Å². The molecule has 10 heteroatoms. The van der Waals surface area contributed by atoms with E-state index in [1.807, 2.05) is 44.2 Å². The quantitative estimate of drug-likeness (QED) is 0.324. The molecule has 1 aliphatic carbocycles. The van der Waals surface area contributed by atoms with Crippen molar-refractivity contribution in [2.24, 2.45) is 5.73 Å². The molecular formula is C31H41ClN4O5. The Morgan fingerprint density at radius 2 is 1.76 bits per heavy atom. The lowest BCUT2D eigenvalue weighted by Gasteiger charge is -2.43. The predicted octanol–water partition coefficient (Wildman–Crippen LogP) is 5.43. The summed E-state index contributed by atoms with van der Waals surface area (Å²) in [4.78, 5) is 54.4. The summed E-state index contributed by atoms with van der Waals surface area (Å²) in [5, 5.41) is 5.97. The average Bonchev–Trinajstić information content (AvgIpc) is 2.86. The van der Waals surface area contributed by atoms with Crippen LogP contribution in [0.1, 0.15) is 82.5 Å². The number of hydrogen-bond acceptors (Lipinski definition) is 5. The number of halogens is 1. The largest absolute Gasteiger partial charge is 0.444 e. The van der Waals surface area contributed by atoms with Gasteiger partial charge in [-0.2, -0.15) is 0 Å². The highest BCUT2D eigenvalue weighted by Gasteiger charge is 2.42. The van der Waals surface area contributed by atoms with Gasteiger partial charge in [-0.25, -0.2) is 4.79 Å². The first-order chi connectivity index (χ1) is 19.3. The Hall–Kier alpha value is -3.59. The Labute approximate surface area is 247 Å². The van der Waals surface area contributed by atoms with Gasteiger partial charge in [-0.15, -0.1) is 0 Å². The van der Waals surface area contributed by atoms with Crippen LogP contribution >= 0.6 is 11.6 Å². The SMILES string of the molecule is CCc1ccc(C(C(=O)Nc2c(C)cccc2Cl)N(C(=O)C(CCC(N)=O)NC(=O)OC(C)(C)C)C2CCC2)cc1. The number of rotatable bonds is 11. The number of hydrogen-bond donors (Lipinski definition) is 3. The molecule has 0 aliphatic heterocycles. The maximum absolute atomic E-state index is 14.3. The van der Waals surface area contributed by atoms with Crippen LogP contribution in [0.15, 0.2) is 42.5 Å². The van der Waals surface area contributed by atoms with Gasteiger partial charge in [0.2, 0.25) is 11.8 Å². The highest BCUT2D eigenvalue weighted by atomic mass is 35.5. The molecule has 0 saturated heterocycles. The summed E-state index contributed by atoms with van der Waals surface area (Å²) in [6.45, 7) is 9.01. The smallest absolute Gasteiger partial charge is 0.408 e. The highest BCUT2D eigenvalue weighted by Crippen LogP contribution is 2.36. The molecule has 9 nitrogen and oxygen atoms in total. The number of alkyl carbamates (subject to hydrolysis) is 1. The number of amides is 4. The number of nitrogens with zero attached hydrogens (tertiary/aromatic N) is 1. The molecule has 0 aromatic heterocycles. The third kappa shape index (κ3) is 8.70. The summed E-state index contributed by atoms with van der Waals surface area (Å²) < 4.78 is 5.40. The molecule has 2 atom stereocenters. The van der Waals surface area contributed by atoms with Gasteiger partial charge in [0.25, 0.3) is 5.91 Å². The molecule has 4 N–H and O–H groups in total. The zero-order valence-corrected chi connectivity index (χ0v) is 25.2. The van der Waals surface area contributed by atoms with E-state index in [4.69, 9.17) is 22.1 Å². The zero-order valence-electron chi connectivity index (χ0n) is 24.5. The number of aryl methyl sites for hydroxylation is 2. The monoisotopic (exact) mass is 584 g/mol. The minimum absolute atomic E-state index is 0.0383. The number of para-hydroxylation sites is 1.